The SMILES string of the molecule is Cc1cc(CN(C)C(=O)c2cc3ccc(F)cc3nc2C)no1. The Balaban J connectivity index is 1.90. The van der Waals surface area contributed by atoms with E-state index in [9.17, 15) is 9.18 Å². The van der Waals surface area contributed by atoms with E-state index in [2.05, 4.69) is 10.1 Å². The summed E-state index contributed by atoms with van der Waals surface area (Å²) in [6.45, 7) is 3.89. The molecular weight excluding hydrogens is 297 g/mol. The minimum atomic E-state index is -0.345. The fraction of sp³-hybridized carbons (Fsp3) is 0.235. The van der Waals surface area contributed by atoms with Gasteiger partial charge in [0.25, 0.3) is 5.91 Å². The van der Waals surface area contributed by atoms with Crippen LogP contribution in [0.1, 0.15) is 27.5 Å². The molecule has 0 aliphatic rings. The number of hydrogen-bond donors (Lipinski definition) is 0. The van der Waals surface area contributed by atoms with Crippen molar-refractivity contribution in [3.63, 3.8) is 0 Å². The van der Waals surface area contributed by atoms with E-state index in [1.165, 1.54) is 12.1 Å². The summed E-state index contributed by atoms with van der Waals surface area (Å²) in [5.74, 6) is 0.190. The average Bonchev–Trinajstić information content (AvgIpc) is 2.90. The van der Waals surface area contributed by atoms with Gasteiger partial charge in [0.2, 0.25) is 0 Å². The van der Waals surface area contributed by atoms with E-state index in [0.717, 1.165) is 5.39 Å². The lowest BCUT2D eigenvalue weighted by molar-refractivity contribution is 0.0781. The van der Waals surface area contributed by atoms with Gasteiger partial charge in [0.05, 0.1) is 23.3 Å². The maximum atomic E-state index is 13.3. The summed E-state index contributed by atoms with van der Waals surface area (Å²) in [6, 6.07) is 7.87. The topological polar surface area (TPSA) is 59.2 Å². The Hall–Kier alpha value is -2.76. The van der Waals surface area contributed by atoms with Gasteiger partial charge in [-0.1, -0.05) is 5.16 Å². The highest BCUT2D eigenvalue weighted by Gasteiger charge is 2.17. The third kappa shape index (κ3) is 3.06. The maximum absolute atomic E-state index is 13.3. The summed E-state index contributed by atoms with van der Waals surface area (Å²) >= 11 is 0. The number of hydrogen-bond acceptors (Lipinski definition) is 4. The molecule has 5 nitrogen and oxygen atoms in total. The number of fused-ring (bicyclic) bond motifs is 1. The minimum absolute atomic E-state index is 0.165. The molecule has 0 radical (unpaired) electrons. The van der Waals surface area contributed by atoms with Crippen molar-refractivity contribution in [2.75, 3.05) is 7.05 Å². The zero-order valence-electron chi connectivity index (χ0n) is 13.1. The normalized spacial score (nSPS) is 11.0. The quantitative estimate of drug-likeness (QED) is 0.745. The Labute approximate surface area is 132 Å². The second-order valence-corrected chi connectivity index (χ2v) is 5.55. The zero-order valence-corrected chi connectivity index (χ0v) is 13.1. The molecule has 0 bridgehead atoms. The molecule has 0 aliphatic heterocycles. The van der Waals surface area contributed by atoms with Crippen LogP contribution in [0.4, 0.5) is 4.39 Å². The lowest BCUT2D eigenvalue weighted by Crippen LogP contribution is -2.27. The molecule has 3 rings (SSSR count). The number of carbonyl (C=O) groups is 1. The fourth-order valence-electron chi connectivity index (χ4n) is 2.47. The van der Waals surface area contributed by atoms with Crippen molar-refractivity contribution in [2.24, 2.45) is 0 Å². The van der Waals surface area contributed by atoms with Gasteiger partial charge in [-0.15, -0.1) is 0 Å². The van der Waals surface area contributed by atoms with Gasteiger partial charge < -0.3 is 9.42 Å². The number of carbonyl (C=O) groups excluding carboxylic acids is 1. The molecule has 23 heavy (non-hydrogen) atoms. The summed E-state index contributed by atoms with van der Waals surface area (Å²) < 4.78 is 18.3. The lowest BCUT2D eigenvalue weighted by atomic mass is 10.1. The Morgan fingerprint density at radius 3 is 2.74 bits per heavy atom. The summed E-state index contributed by atoms with van der Waals surface area (Å²) in [5, 5.41) is 4.62. The van der Waals surface area contributed by atoms with Crippen LogP contribution in [0.15, 0.2) is 34.9 Å². The number of amides is 1. The highest BCUT2D eigenvalue weighted by Crippen LogP contribution is 2.19. The number of pyridine rings is 1. The molecule has 0 fully saturated rings. The third-order valence-corrected chi connectivity index (χ3v) is 3.62. The van der Waals surface area contributed by atoms with Crippen LogP contribution in [0, 0.1) is 19.7 Å². The largest absolute Gasteiger partial charge is 0.361 e. The van der Waals surface area contributed by atoms with Gasteiger partial charge in [-0.05, 0) is 32.0 Å². The number of nitrogens with zero attached hydrogens (tertiary/aromatic N) is 3. The number of rotatable bonds is 3. The summed E-state index contributed by atoms with van der Waals surface area (Å²) in [4.78, 5) is 18.5. The van der Waals surface area contributed by atoms with Gasteiger partial charge in [0.15, 0.2) is 0 Å². The Morgan fingerprint density at radius 2 is 2.04 bits per heavy atom. The van der Waals surface area contributed by atoms with Crippen molar-refractivity contribution in [1.82, 2.24) is 15.0 Å². The summed E-state index contributed by atoms with van der Waals surface area (Å²) in [6.07, 6.45) is 0. The van der Waals surface area contributed by atoms with Gasteiger partial charge in [-0.25, -0.2) is 4.39 Å². The molecule has 1 aromatic carbocycles. The molecule has 1 amide bonds. The van der Waals surface area contributed by atoms with Crippen LogP contribution in [0.3, 0.4) is 0 Å². The van der Waals surface area contributed by atoms with Crippen LogP contribution in [0.2, 0.25) is 0 Å². The van der Waals surface area contributed by atoms with E-state index in [1.54, 1.807) is 44.0 Å². The van der Waals surface area contributed by atoms with Crippen molar-refractivity contribution >= 4 is 16.8 Å². The fourth-order valence-corrected chi connectivity index (χ4v) is 2.47. The minimum Gasteiger partial charge on any atom is -0.361 e. The van der Waals surface area contributed by atoms with Gasteiger partial charge >= 0.3 is 0 Å². The molecule has 3 aromatic rings. The van der Waals surface area contributed by atoms with E-state index in [4.69, 9.17) is 4.52 Å². The molecule has 2 aromatic heterocycles. The molecule has 118 valence electrons. The van der Waals surface area contributed by atoms with Gasteiger partial charge in [0.1, 0.15) is 17.3 Å². The smallest absolute Gasteiger partial charge is 0.255 e. The van der Waals surface area contributed by atoms with Crippen LogP contribution in [0.5, 0.6) is 0 Å². The first kappa shape index (κ1) is 15.1. The molecule has 2 heterocycles. The van der Waals surface area contributed by atoms with Crippen molar-refractivity contribution in [3.05, 3.63) is 58.9 Å². The lowest BCUT2D eigenvalue weighted by Gasteiger charge is -2.17. The van der Waals surface area contributed by atoms with Crippen LogP contribution in [0.25, 0.3) is 10.9 Å². The standard InChI is InChI=1S/C17H16FN3O2/c1-10-6-14(20-23-10)9-21(3)17(22)15-7-12-4-5-13(18)8-16(12)19-11(15)2/h4-8H,9H2,1-3H3. The van der Waals surface area contributed by atoms with Crippen LogP contribution < -0.4 is 0 Å². The molecule has 0 aliphatic carbocycles. The van der Waals surface area contributed by atoms with Gasteiger partial charge in [-0.2, -0.15) is 0 Å². The molecule has 6 heteroatoms. The van der Waals surface area contributed by atoms with Crippen LogP contribution in [-0.4, -0.2) is 28.0 Å². The molecule has 0 saturated heterocycles. The van der Waals surface area contributed by atoms with E-state index in [-0.39, 0.29) is 11.7 Å². The molecular formula is C17H16FN3O2. The first-order valence-corrected chi connectivity index (χ1v) is 7.18. The van der Waals surface area contributed by atoms with E-state index in [1.807, 2.05) is 0 Å². The Bertz CT molecular complexity index is 889. The average molecular weight is 313 g/mol. The van der Waals surface area contributed by atoms with E-state index >= 15 is 0 Å². The molecule has 0 saturated carbocycles. The predicted molar refractivity (Wildman–Crippen MR) is 83.5 cm³/mol. The van der Waals surface area contributed by atoms with E-state index < -0.39 is 0 Å². The first-order chi connectivity index (χ1) is 10.9. The number of benzene rings is 1. The highest BCUT2D eigenvalue weighted by molar-refractivity contribution is 5.98. The number of aromatic nitrogens is 2. The summed E-state index contributed by atoms with van der Waals surface area (Å²) in [7, 11) is 1.70. The second kappa shape index (κ2) is 5.79. The van der Waals surface area contributed by atoms with Crippen LogP contribution >= 0.6 is 0 Å². The summed E-state index contributed by atoms with van der Waals surface area (Å²) in [5.41, 5.74) is 2.28. The molecule has 0 atom stereocenters. The van der Waals surface area contributed by atoms with E-state index in [0.29, 0.717) is 34.8 Å². The van der Waals surface area contributed by atoms with Crippen LogP contribution in [-0.2, 0) is 6.54 Å². The van der Waals surface area contributed by atoms with Gasteiger partial charge in [-0.3, -0.25) is 9.78 Å². The van der Waals surface area contributed by atoms with Crippen molar-refractivity contribution in [1.29, 1.82) is 0 Å². The second-order valence-electron chi connectivity index (χ2n) is 5.55. The third-order valence-electron chi connectivity index (χ3n) is 3.62. The monoisotopic (exact) mass is 313 g/mol. The molecule has 0 N–H and O–H groups in total. The van der Waals surface area contributed by atoms with Crippen molar-refractivity contribution < 1.29 is 13.7 Å². The number of aryl methyl sites for hydroxylation is 2. The molecule has 0 unspecified atom stereocenters. The Morgan fingerprint density at radius 1 is 1.26 bits per heavy atom. The predicted octanol–water partition coefficient (Wildman–Crippen LogP) is 3.25. The van der Waals surface area contributed by atoms with Crippen molar-refractivity contribution in [2.45, 2.75) is 20.4 Å². The highest BCUT2D eigenvalue weighted by atomic mass is 19.1. The number of halogens is 1. The van der Waals surface area contributed by atoms with Gasteiger partial charge in [0, 0.05) is 24.6 Å². The van der Waals surface area contributed by atoms with Crippen molar-refractivity contribution in [3.8, 4) is 0 Å². The first-order valence-electron chi connectivity index (χ1n) is 7.18. The zero-order chi connectivity index (χ0) is 16.6. The maximum Gasteiger partial charge on any atom is 0.255 e. The Kier molecular flexibility index (Phi) is 3.82. The molecule has 0 spiro atoms.